The summed E-state index contributed by atoms with van der Waals surface area (Å²) in [7, 11) is 0. The minimum absolute atomic E-state index is 0.342. The second-order valence-electron chi connectivity index (χ2n) is 6.90. The van der Waals surface area contributed by atoms with Crippen LogP contribution in [0.2, 0.25) is 0 Å². The van der Waals surface area contributed by atoms with E-state index in [9.17, 15) is 19.5 Å². The van der Waals surface area contributed by atoms with E-state index >= 15 is 0 Å². The Bertz CT molecular complexity index is 753. The van der Waals surface area contributed by atoms with Gasteiger partial charge in [0, 0.05) is 4.88 Å². The van der Waals surface area contributed by atoms with E-state index in [0.29, 0.717) is 29.3 Å². The van der Waals surface area contributed by atoms with Crippen LogP contribution in [0.5, 0.6) is 0 Å². The summed E-state index contributed by atoms with van der Waals surface area (Å²) in [6, 6.07) is 0. The van der Waals surface area contributed by atoms with E-state index < -0.39 is 23.7 Å². The Hall–Kier alpha value is -2.15. The molecule has 1 aromatic heterocycles. The number of amides is 2. The van der Waals surface area contributed by atoms with E-state index in [1.807, 2.05) is 6.08 Å². The molecular formula is C18H22N2O4S. The molecule has 4 N–H and O–H groups in total. The minimum Gasteiger partial charge on any atom is -0.481 e. The first-order valence-electron chi connectivity index (χ1n) is 8.51. The molecule has 2 amide bonds. The Morgan fingerprint density at radius 3 is 2.56 bits per heavy atom. The molecule has 0 aliphatic heterocycles. The molecular weight excluding hydrogens is 340 g/mol. The standard InChI is InChI=1S/C18H22N2O4S/c1-9-6-7-12-13(8-9)25-17(14(12)15(19)21)20-16(22)10-4-2-3-5-11(10)18(23)24/h2-3,9-11H,4-8H2,1H3,(H2,19,21)(H,20,22)(H,23,24)/t9-,10-,11-/m0/s1. The lowest BCUT2D eigenvalue weighted by Gasteiger charge is -2.24. The Morgan fingerprint density at radius 1 is 1.24 bits per heavy atom. The van der Waals surface area contributed by atoms with Crippen LogP contribution in [0.15, 0.2) is 12.2 Å². The van der Waals surface area contributed by atoms with Crippen LogP contribution in [0.3, 0.4) is 0 Å². The monoisotopic (exact) mass is 362 g/mol. The van der Waals surface area contributed by atoms with Crippen molar-refractivity contribution in [1.82, 2.24) is 0 Å². The first-order chi connectivity index (χ1) is 11.9. The van der Waals surface area contributed by atoms with E-state index in [-0.39, 0.29) is 5.91 Å². The van der Waals surface area contributed by atoms with Crippen molar-refractivity contribution in [3.8, 4) is 0 Å². The Balaban J connectivity index is 1.87. The number of primary amides is 1. The van der Waals surface area contributed by atoms with E-state index in [2.05, 4.69) is 12.2 Å². The molecule has 0 unspecified atom stereocenters. The number of carbonyl (C=O) groups excluding carboxylic acids is 2. The van der Waals surface area contributed by atoms with E-state index in [0.717, 1.165) is 29.7 Å². The summed E-state index contributed by atoms with van der Waals surface area (Å²) in [6.45, 7) is 2.16. The van der Waals surface area contributed by atoms with Gasteiger partial charge in [0.05, 0.1) is 17.4 Å². The third-order valence-electron chi connectivity index (χ3n) is 5.08. The lowest BCUT2D eigenvalue weighted by atomic mass is 9.82. The summed E-state index contributed by atoms with van der Waals surface area (Å²) in [5.41, 5.74) is 6.91. The number of thiophene rings is 1. The summed E-state index contributed by atoms with van der Waals surface area (Å²) < 4.78 is 0. The molecule has 0 bridgehead atoms. The maximum Gasteiger partial charge on any atom is 0.307 e. The van der Waals surface area contributed by atoms with Crippen molar-refractivity contribution >= 4 is 34.1 Å². The first kappa shape index (κ1) is 17.7. The average molecular weight is 362 g/mol. The van der Waals surface area contributed by atoms with Crippen molar-refractivity contribution in [2.24, 2.45) is 23.5 Å². The van der Waals surface area contributed by atoms with Gasteiger partial charge in [0.25, 0.3) is 5.91 Å². The second kappa shape index (κ2) is 7.00. The van der Waals surface area contributed by atoms with Gasteiger partial charge in [0.2, 0.25) is 5.91 Å². The van der Waals surface area contributed by atoms with Crippen LogP contribution < -0.4 is 11.1 Å². The largest absolute Gasteiger partial charge is 0.481 e. The molecule has 0 radical (unpaired) electrons. The van der Waals surface area contributed by atoms with E-state index in [1.54, 1.807) is 6.08 Å². The smallest absolute Gasteiger partial charge is 0.307 e. The number of allylic oxidation sites excluding steroid dienone is 2. The van der Waals surface area contributed by atoms with Gasteiger partial charge >= 0.3 is 5.97 Å². The van der Waals surface area contributed by atoms with Gasteiger partial charge in [-0.1, -0.05) is 19.1 Å². The third-order valence-corrected chi connectivity index (χ3v) is 6.25. The number of carboxylic acids is 1. The zero-order valence-corrected chi connectivity index (χ0v) is 14.9. The molecule has 134 valence electrons. The van der Waals surface area contributed by atoms with Gasteiger partial charge in [0.15, 0.2) is 0 Å². The molecule has 2 aliphatic carbocycles. The van der Waals surface area contributed by atoms with Crippen LogP contribution in [-0.2, 0) is 22.4 Å². The number of rotatable bonds is 4. The summed E-state index contributed by atoms with van der Waals surface area (Å²) in [5, 5.41) is 12.6. The molecule has 1 heterocycles. The number of fused-ring (bicyclic) bond motifs is 1. The summed E-state index contributed by atoms with van der Waals surface area (Å²) in [4.78, 5) is 37.1. The lowest BCUT2D eigenvalue weighted by molar-refractivity contribution is -0.146. The van der Waals surface area contributed by atoms with Crippen LogP contribution in [0.25, 0.3) is 0 Å². The van der Waals surface area contributed by atoms with E-state index in [1.165, 1.54) is 11.3 Å². The Labute approximate surface area is 150 Å². The molecule has 2 aliphatic rings. The van der Waals surface area contributed by atoms with Gasteiger partial charge in [-0.3, -0.25) is 14.4 Å². The maximum atomic E-state index is 12.7. The maximum absolute atomic E-state index is 12.7. The highest BCUT2D eigenvalue weighted by molar-refractivity contribution is 7.17. The number of aliphatic carboxylic acids is 1. The average Bonchev–Trinajstić information content (AvgIpc) is 2.91. The molecule has 3 rings (SSSR count). The van der Waals surface area contributed by atoms with E-state index in [4.69, 9.17) is 5.73 Å². The minimum atomic E-state index is -0.973. The molecule has 7 heteroatoms. The van der Waals surface area contributed by atoms with Crippen molar-refractivity contribution in [2.45, 2.75) is 39.0 Å². The molecule has 0 aromatic carbocycles. The molecule has 1 aromatic rings. The highest BCUT2D eigenvalue weighted by Crippen LogP contribution is 2.40. The first-order valence-corrected chi connectivity index (χ1v) is 9.33. The fourth-order valence-corrected chi connectivity index (χ4v) is 5.10. The highest BCUT2D eigenvalue weighted by atomic mass is 32.1. The molecule has 0 saturated heterocycles. The molecule has 0 fully saturated rings. The van der Waals surface area contributed by atoms with Crippen molar-refractivity contribution in [1.29, 1.82) is 0 Å². The van der Waals surface area contributed by atoms with Gasteiger partial charge in [-0.25, -0.2) is 0 Å². The highest BCUT2D eigenvalue weighted by Gasteiger charge is 2.35. The molecule has 0 saturated carbocycles. The molecule has 6 nitrogen and oxygen atoms in total. The number of hydrogen-bond donors (Lipinski definition) is 3. The number of carbonyl (C=O) groups is 3. The topological polar surface area (TPSA) is 109 Å². The normalized spacial score (nSPS) is 25.2. The van der Waals surface area contributed by atoms with Gasteiger partial charge in [-0.15, -0.1) is 11.3 Å². The summed E-state index contributed by atoms with van der Waals surface area (Å²) in [5.74, 6) is -2.71. The zero-order valence-electron chi connectivity index (χ0n) is 14.1. The van der Waals surface area contributed by atoms with Crippen molar-refractivity contribution in [2.75, 3.05) is 5.32 Å². The number of nitrogens with two attached hydrogens (primary N) is 1. The Morgan fingerprint density at radius 2 is 1.92 bits per heavy atom. The van der Waals surface area contributed by atoms with Crippen molar-refractivity contribution < 1.29 is 19.5 Å². The van der Waals surface area contributed by atoms with Crippen LogP contribution in [-0.4, -0.2) is 22.9 Å². The summed E-state index contributed by atoms with van der Waals surface area (Å²) >= 11 is 1.40. The second-order valence-corrected chi connectivity index (χ2v) is 8.01. The number of hydrogen-bond acceptors (Lipinski definition) is 4. The van der Waals surface area contributed by atoms with Gasteiger partial charge in [0.1, 0.15) is 5.00 Å². The van der Waals surface area contributed by atoms with Crippen LogP contribution in [0.1, 0.15) is 47.0 Å². The fourth-order valence-electron chi connectivity index (χ4n) is 3.68. The van der Waals surface area contributed by atoms with Crippen molar-refractivity contribution in [3.05, 3.63) is 28.2 Å². The van der Waals surface area contributed by atoms with Gasteiger partial charge in [-0.05, 0) is 43.6 Å². The predicted molar refractivity (Wildman–Crippen MR) is 95.6 cm³/mol. The van der Waals surface area contributed by atoms with Gasteiger partial charge < -0.3 is 16.2 Å². The predicted octanol–water partition coefficient (Wildman–Crippen LogP) is 2.58. The van der Waals surface area contributed by atoms with Crippen LogP contribution in [0, 0.1) is 17.8 Å². The van der Waals surface area contributed by atoms with Crippen LogP contribution in [0.4, 0.5) is 5.00 Å². The number of anilines is 1. The molecule has 3 atom stereocenters. The third kappa shape index (κ3) is 3.46. The molecule has 25 heavy (non-hydrogen) atoms. The van der Waals surface area contributed by atoms with Crippen molar-refractivity contribution in [3.63, 3.8) is 0 Å². The van der Waals surface area contributed by atoms with Crippen LogP contribution >= 0.6 is 11.3 Å². The number of nitrogens with one attached hydrogen (secondary N) is 1. The Kier molecular flexibility index (Phi) is 4.94. The SMILES string of the molecule is C[C@H]1CCc2c(sc(NC(=O)[C@H]3CC=CC[C@@H]3C(=O)O)c2C(N)=O)C1. The zero-order chi connectivity index (χ0) is 18.1. The summed E-state index contributed by atoms with van der Waals surface area (Å²) in [6.07, 6.45) is 7.00. The lowest BCUT2D eigenvalue weighted by Crippen LogP contribution is -2.35. The quantitative estimate of drug-likeness (QED) is 0.715. The van der Waals surface area contributed by atoms with Gasteiger partial charge in [-0.2, -0.15) is 0 Å². The number of carboxylic acid groups (broad SMARTS) is 1. The fraction of sp³-hybridized carbons (Fsp3) is 0.500. The molecule has 0 spiro atoms.